The average Bonchev–Trinajstić information content (AvgIpc) is 1.65. The van der Waals surface area contributed by atoms with Gasteiger partial charge in [0.2, 0.25) is 0 Å². The maximum absolute atomic E-state index is 10.2. The second-order valence-electron chi connectivity index (χ2n) is 1.62. The average molecular weight is 112 g/mol. The van der Waals surface area contributed by atoms with E-state index in [1.807, 2.05) is 0 Å². The molecule has 0 radical (unpaired) electrons. The maximum atomic E-state index is 10.2. The minimum absolute atomic E-state index is 0.0883. The number of hydrogen-bond acceptors (Lipinski definition) is 2. The van der Waals surface area contributed by atoms with Gasteiger partial charge >= 0.3 is 0 Å². The van der Waals surface area contributed by atoms with E-state index in [4.69, 9.17) is 0 Å². The summed E-state index contributed by atoms with van der Waals surface area (Å²) < 4.78 is 0. The third-order valence-electron chi connectivity index (χ3n) is 0.617. The molecule has 0 heterocycles. The molecule has 0 atom stereocenters. The minimum atomic E-state index is -0.0883. The zero-order chi connectivity index (χ0) is 6.57. The van der Waals surface area contributed by atoms with Crippen molar-refractivity contribution in [1.29, 1.82) is 0 Å². The SMILES string of the molecule is CC(=O)C=C(C)C=O. The molecule has 2 heteroatoms. The Morgan fingerprint density at radius 3 is 2.00 bits per heavy atom. The molecule has 44 valence electrons. The molecule has 0 rings (SSSR count). The summed E-state index contributed by atoms with van der Waals surface area (Å²) in [4.78, 5) is 20.0. The first-order chi connectivity index (χ1) is 3.66. The third kappa shape index (κ3) is 3.28. The van der Waals surface area contributed by atoms with Crippen molar-refractivity contribution in [1.82, 2.24) is 0 Å². The third-order valence-corrected chi connectivity index (χ3v) is 0.617. The summed E-state index contributed by atoms with van der Waals surface area (Å²) >= 11 is 0. The molecule has 0 aliphatic carbocycles. The van der Waals surface area contributed by atoms with Gasteiger partial charge in [-0.05, 0) is 25.5 Å². The van der Waals surface area contributed by atoms with E-state index in [9.17, 15) is 9.59 Å². The topological polar surface area (TPSA) is 34.1 Å². The van der Waals surface area contributed by atoms with Crippen LogP contribution in [-0.2, 0) is 9.59 Å². The van der Waals surface area contributed by atoms with E-state index >= 15 is 0 Å². The van der Waals surface area contributed by atoms with E-state index in [0.29, 0.717) is 11.9 Å². The van der Waals surface area contributed by atoms with Crippen LogP contribution in [0.2, 0.25) is 0 Å². The Morgan fingerprint density at radius 1 is 1.38 bits per heavy atom. The van der Waals surface area contributed by atoms with Crippen LogP contribution in [-0.4, -0.2) is 12.1 Å². The molecule has 8 heavy (non-hydrogen) atoms. The van der Waals surface area contributed by atoms with Crippen molar-refractivity contribution in [3.8, 4) is 0 Å². The van der Waals surface area contributed by atoms with Crippen molar-refractivity contribution in [3.63, 3.8) is 0 Å². The zero-order valence-corrected chi connectivity index (χ0v) is 4.97. The molecule has 0 bridgehead atoms. The highest BCUT2D eigenvalue weighted by molar-refractivity contribution is 5.92. The van der Waals surface area contributed by atoms with Crippen molar-refractivity contribution in [2.45, 2.75) is 13.8 Å². The van der Waals surface area contributed by atoms with Crippen molar-refractivity contribution in [2.75, 3.05) is 0 Å². The molecular formula is C6H8O2. The largest absolute Gasteiger partial charge is 0.298 e. The molecule has 0 fully saturated rings. The number of allylic oxidation sites excluding steroid dienone is 2. The van der Waals surface area contributed by atoms with Crippen molar-refractivity contribution in [3.05, 3.63) is 11.6 Å². The van der Waals surface area contributed by atoms with E-state index in [-0.39, 0.29) is 5.78 Å². The lowest BCUT2D eigenvalue weighted by Crippen LogP contribution is -1.84. The normalized spacial score (nSPS) is 11.0. The Hall–Kier alpha value is -0.920. The maximum Gasteiger partial charge on any atom is 0.152 e. The van der Waals surface area contributed by atoms with Gasteiger partial charge in [0, 0.05) is 0 Å². The Morgan fingerprint density at radius 2 is 1.88 bits per heavy atom. The van der Waals surface area contributed by atoms with Gasteiger partial charge in [0.05, 0.1) is 0 Å². The Kier molecular flexibility index (Phi) is 2.77. The quantitative estimate of drug-likeness (QED) is 0.389. The summed E-state index contributed by atoms with van der Waals surface area (Å²) in [5, 5.41) is 0. The summed E-state index contributed by atoms with van der Waals surface area (Å²) in [5.41, 5.74) is 0.470. The van der Waals surface area contributed by atoms with Crippen LogP contribution in [0, 0.1) is 0 Å². The molecule has 0 aliphatic heterocycles. The van der Waals surface area contributed by atoms with Crippen LogP contribution in [0.1, 0.15) is 13.8 Å². The zero-order valence-electron chi connectivity index (χ0n) is 4.97. The van der Waals surface area contributed by atoms with E-state index in [1.54, 1.807) is 6.92 Å². The van der Waals surface area contributed by atoms with Crippen LogP contribution in [0.15, 0.2) is 11.6 Å². The number of ketones is 1. The van der Waals surface area contributed by atoms with Crippen molar-refractivity contribution in [2.24, 2.45) is 0 Å². The summed E-state index contributed by atoms with van der Waals surface area (Å²) in [6, 6.07) is 0. The van der Waals surface area contributed by atoms with Crippen LogP contribution in [0.3, 0.4) is 0 Å². The summed E-state index contributed by atoms with van der Waals surface area (Å²) in [5.74, 6) is -0.0883. The predicted molar refractivity (Wildman–Crippen MR) is 30.5 cm³/mol. The van der Waals surface area contributed by atoms with Crippen LogP contribution in [0.25, 0.3) is 0 Å². The van der Waals surface area contributed by atoms with E-state index in [0.717, 1.165) is 0 Å². The number of carbonyl (C=O) groups excluding carboxylic acids is 2. The molecule has 0 aliphatic rings. The van der Waals surface area contributed by atoms with Gasteiger partial charge in [-0.25, -0.2) is 0 Å². The second kappa shape index (κ2) is 3.13. The summed E-state index contributed by atoms with van der Waals surface area (Å²) in [6.45, 7) is 3.00. The fourth-order valence-corrected chi connectivity index (χ4v) is 0.355. The molecular weight excluding hydrogens is 104 g/mol. The highest BCUT2D eigenvalue weighted by atomic mass is 16.1. The van der Waals surface area contributed by atoms with E-state index in [1.165, 1.54) is 13.0 Å². The molecule has 0 aromatic rings. The summed E-state index contributed by atoms with van der Waals surface area (Å²) in [6.07, 6.45) is 1.95. The molecule has 0 amide bonds. The predicted octanol–water partition coefficient (Wildman–Crippen LogP) is 0.721. The number of rotatable bonds is 2. The lowest BCUT2D eigenvalue weighted by molar-refractivity contribution is -0.113. The van der Waals surface area contributed by atoms with Crippen LogP contribution in [0.5, 0.6) is 0 Å². The fourth-order valence-electron chi connectivity index (χ4n) is 0.355. The Bertz CT molecular complexity index is 133. The van der Waals surface area contributed by atoms with Crippen molar-refractivity contribution < 1.29 is 9.59 Å². The molecule has 0 aromatic heterocycles. The smallest absolute Gasteiger partial charge is 0.152 e. The van der Waals surface area contributed by atoms with Gasteiger partial charge in [0.25, 0.3) is 0 Å². The van der Waals surface area contributed by atoms with Gasteiger partial charge in [-0.1, -0.05) is 0 Å². The molecule has 0 aromatic carbocycles. The van der Waals surface area contributed by atoms with Gasteiger partial charge < -0.3 is 0 Å². The second-order valence-corrected chi connectivity index (χ2v) is 1.62. The van der Waals surface area contributed by atoms with Gasteiger partial charge in [-0.3, -0.25) is 9.59 Å². The lowest BCUT2D eigenvalue weighted by atomic mass is 10.3. The van der Waals surface area contributed by atoms with Gasteiger partial charge in [0.1, 0.15) is 6.29 Å². The first-order valence-corrected chi connectivity index (χ1v) is 2.31. The van der Waals surface area contributed by atoms with Gasteiger partial charge in [-0.2, -0.15) is 0 Å². The van der Waals surface area contributed by atoms with Crippen LogP contribution >= 0.6 is 0 Å². The Labute approximate surface area is 48.2 Å². The van der Waals surface area contributed by atoms with Gasteiger partial charge in [-0.15, -0.1) is 0 Å². The fraction of sp³-hybridized carbons (Fsp3) is 0.333. The molecule has 0 saturated heterocycles. The molecule has 0 N–H and O–H groups in total. The van der Waals surface area contributed by atoms with E-state index in [2.05, 4.69) is 0 Å². The first kappa shape index (κ1) is 7.08. The monoisotopic (exact) mass is 112 g/mol. The molecule has 2 nitrogen and oxygen atoms in total. The van der Waals surface area contributed by atoms with Crippen LogP contribution < -0.4 is 0 Å². The highest BCUT2D eigenvalue weighted by Gasteiger charge is 1.85. The lowest BCUT2D eigenvalue weighted by Gasteiger charge is -1.79. The van der Waals surface area contributed by atoms with Crippen molar-refractivity contribution >= 4 is 12.1 Å². The summed E-state index contributed by atoms with van der Waals surface area (Å²) in [7, 11) is 0. The minimum Gasteiger partial charge on any atom is -0.298 e. The Balaban J connectivity index is 3.94. The molecule has 0 spiro atoms. The number of aldehydes is 1. The standard InChI is InChI=1S/C6H8O2/c1-5(4-7)3-6(2)8/h3-4H,1-2H3. The van der Waals surface area contributed by atoms with Gasteiger partial charge in [0.15, 0.2) is 5.78 Å². The highest BCUT2D eigenvalue weighted by Crippen LogP contribution is 1.84. The first-order valence-electron chi connectivity index (χ1n) is 2.31. The number of carbonyl (C=O) groups is 2. The molecule has 0 saturated carbocycles. The molecule has 0 unspecified atom stereocenters. The van der Waals surface area contributed by atoms with E-state index < -0.39 is 0 Å². The van der Waals surface area contributed by atoms with Crippen LogP contribution in [0.4, 0.5) is 0 Å². The number of hydrogen-bond donors (Lipinski definition) is 0.